The maximum absolute atomic E-state index is 3.49. The van der Waals surface area contributed by atoms with E-state index in [9.17, 15) is 0 Å². The average Bonchev–Trinajstić information content (AvgIpc) is 2.48. The molecule has 0 radical (unpaired) electrons. The summed E-state index contributed by atoms with van der Waals surface area (Å²) in [5.41, 5.74) is 2.78. The van der Waals surface area contributed by atoms with Crippen LogP contribution in [0.2, 0.25) is 0 Å². The van der Waals surface area contributed by atoms with E-state index in [2.05, 4.69) is 62.3 Å². The Balaban J connectivity index is 1.82. The van der Waals surface area contributed by atoms with Gasteiger partial charge in [0, 0.05) is 6.04 Å². The third-order valence-corrected chi connectivity index (χ3v) is 5.10. The molecule has 0 amide bonds. The monoisotopic (exact) mass is 288 g/mol. The maximum atomic E-state index is 3.49. The zero-order chi connectivity index (χ0) is 15.2. The molecule has 0 bridgehead atoms. The van der Waals surface area contributed by atoms with Gasteiger partial charge in [-0.1, -0.05) is 43.7 Å². The fourth-order valence-corrected chi connectivity index (χ4v) is 3.52. The van der Waals surface area contributed by atoms with Gasteiger partial charge in [-0.2, -0.15) is 0 Å². The first kappa shape index (κ1) is 16.5. The highest BCUT2D eigenvalue weighted by Gasteiger charge is 2.22. The van der Waals surface area contributed by atoms with Crippen molar-refractivity contribution in [1.29, 1.82) is 0 Å². The Labute approximate surface area is 130 Å². The van der Waals surface area contributed by atoms with Crippen LogP contribution in [0.4, 0.5) is 0 Å². The Morgan fingerprint density at radius 3 is 2.52 bits per heavy atom. The van der Waals surface area contributed by atoms with Crippen molar-refractivity contribution in [3.8, 4) is 0 Å². The van der Waals surface area contributed by atoms with Gasteiger partial charge in [-0.05, 0) is 70.3 Å². The minimum Gasteiger partial charge on any atom is -0.313 e. The van der Waals surface area contributed by atoms with Crippen molar-refractivity contribution in [3.05, 3.63) is 35.4 Å². The molecule has 21 heavy (non-hydrogen) atoms. The first-order valence-corrected chi connectivity index (χ1v) is 8.56. The van der Waals surface area contributed by atoms with Crippen LogP contribution in [0.5, 0.6) is 0 Å². The highest BCUT2D eigenvalue weighted by Crippen LogP contribution is 2.25. The Morgan fingerprint density at radius 1 is 1.24 bits per heavy atom. The zero-order valence-electron chi connectivity index (χ0n) is 14.2. The second kappa shape index (κ2) is 7.95. The summed E-state index contributed by atoms with van der Waals surface area (Å²) < 4.78 is 0. The summed E-state index contributed by atoms with van der Waals surface area (Å²) >= 11 is 0. The number of hydrogen-bond donors (Lipinski definition) is 1. The van der Waals surface area contributed by atoms with Crippen LogP contribution in [0.3, 0.4) is 0 Å². The Morgan fingerprint density at radius 2 is 1.95 bits per heavy atom. The third kappa shape index (κ3) is 4.82. The molecule has 1 saturated heterocycles. The number of likely N-dealkylation sites (tertiary alicyclic amines) is 1. The van der Waals surface area contributed by atoms with Gasteiger partial charge in [0.25, 0.3) is 0 Å². The second-order valence-electron chi connectivity index (χ2n) is 6.97. The van der Waals surface area contributed by atoms with E-state index in [0.29, 0.717) is 6.04 Å². The van der Waals surface area contributed by atoms with Crippen molar-refractivity contribution in [3.63, 3.8) is 0 Å². The van der Waals surface area contributed by atoms with Crippen LogP contribution in [-0.4, -0.2) is 31.6 Å². The van der Waals surface area contributed by atoms with Gasteiger partial charge < -0.3 is 10.2 Å². The van der Waals surface area contributed by atoms with Crippen LogP contribution in [0, 0.1) is 18.8 Å². The van der Waals surface area contributed by atoms with Gasteiger partial charge in [0.2, 0.25) is 0 Å². The fourth-order valence-electron chi connectivity index (χ4n) is 3.52. The number of aryl methyl sites for hydroxylation is 1. The van der Waals surface area contributed by atoms with Crippen LogP contribution in [-0.2, 0) is 0 Å². The first-order chi connectivity index (χ1) is 10.1. The molecule has 1 atom stereocenters. The number of piperidine rings is 1. The molecule has 0 saturated carbocycles. The van der Waals surface area contributed by atoms with Crippen molar-refractivity contribution in [2.45, 2.75) is 46.1 Å². The van der Waals surface area contributed by atoms with Gasteiger partial charge in [0.1, 0.15) is 0 Å². The van der Waals surface area contributed by atoms with E-state index in [0.717, 1.165) is 11.8 Å². The molecule has 1 heterocycles. The van der Waals surface area contributed by atoms with E-state index in [4.69, 9.17) is 0 Å². The molecule has 1 aromatic carbocycles. The highest BCUT2D eigenvalue weighted by molar-refractivity contribution is 5.25. The van der Waals surface area contributed by atoms with Gasteiger partial charge >= 0.3 is 0 Å². The summed E-state index contributed by atoms with van der Waals surface area (Å²) in [6.45, 7) is 10.7. The number of nitrogens with zero attached hydrogens (tertiary/aromatic N) is 1. The topological polar surface area (TPSA) is 15.3 Å². The molecule has 0 aromatic heterocycles. The molecule has 1 N–H and O–H groups in total. The molecular weight excluding hydrogens is 256 g/mol. The smallest absolute Gasteiger partial charge is 0.0329 e. The fraction of sp³-hybridized carbons (Fsp3) is 0.684. The van der Waals surface area contributed by atoms with Crippen molar-refractivity contribution >= 4 is 0 Å². The zero-order valence-corrected chi connectivity index (χ0v) is 14.2. The third-order valence-electron chi connectivity index (χ3n) is 5.10. The lowest BCUT2D eigenvalue weighted by atomic mass is 9.86. The molecular formula is C19H32N2. The molecule has 0 spiro atoms. The predicted octanol–water partition coefficient (Wildman–Crippen LogP) is 4.01. The van der Waals surface area contributed by atoms with Crippen molar-refractivity contribution in [2.75, 3.05) is 26.7 Å². The number of benzene rings is 1. The summed E-state index contributed by atoms with van der Waals surface area (Å²) in [5.74, 6) is 1.79. The van der Waals surface area contributed by atoms with Gasteiger partial charge in [-0.15, -0.1) is 0 Å². The van der Waals surface area contributed by atoms with Crippen LogP contribution < -0.4 is 5.32 Å². The average molecular weight is 288 g/mol. The number of hydrogen-bond acceptors (Lipinski definition) is 2. The Kier molecular flexibility index (Phi) is 6.25. The summed E-state index contributed by atoms with van der Waals surface area (Å²) in [6, 6.07) is 9.38. The number of nitrogens with one attached hydrogen (secondary N) is 1. The standard InChI is InChI=1S/C19H32N2/c1-15(2)17-8-11-21(12-9-17)13-10-19(20-4)18-7-5-6-16(3)14-18/h5-7,14-15,17,19-20H,8-13H2,1-4H3. The SMILES string of the molecule is CNC(CCN1CCC(C(C)C)CC1)c1cccc(C)c1. The largest absolute Gasteiger partial charge is 0.313 e. The predicted molar refractivity (Wildman–Crippen MR) is 91.6 cm³/mol. The summed E-state index contributed by atoms with van der Waals surface area (Å²) in [6.07, 6.45) is 3.96. The lowest BCUT2D eigenvalue weighted by molar-refractivity contribution is 0.153. The molecule has 0 aliphatic carbocycles. The molecule has 2 rings (SSSR count). The molecule has 1 unspecified atom stereocenters. The Hall–Kier alpha value is -0.860. The highest BCUT2D eigenvalue weighted by atomic mass is 15.1. The summed E-state index contributed by atoms with van der Waals surface area (Å²) in [7, 11) is 2.08. The van der Waals surface area contributed by atoms with E-state index >= 15 is 0 Å². The van der Waals surface area contributed by atoms with Crippen LogP contribution in [0.1, 0.15) is 50.3 Å². The van der Waals surface area contributed by atoms with Gasteiger partial charge in [0.15, 0.2) is 0 Å². The molecule has 118 valence electrons. The normalized spacial score (nSPS) is 19.1. The quantitative estimate of drug-likeness (QED) is 0.850. The van der Waals surface area contributed by atoms with Gasteiger partial charge in [-0.3, -0.25) is 0 Å². The van der Waals surface area contributed by atoms with Crippen molar-refractivity contribution < 1.29 is 0 Å². The lowest BCUT2D eigenvalue weighted by Gasteiger charge is -2.34. The molecule has 1 fully saturated rings. The maximum Gasteiger partial charge on any atom is 0.0329 e. The van der Waals surface area contributed by atoms with E-state index in [1.54, 1.807) is 0 Å². The van der Waals surface area contributed by atoms with Crippen molar-refractivity contribution in [2.24, 2.45) is 11.8 Å². The minimum atomic E-state index is 0.479. The van der Waals surface area contributed by atoms with Gasteiger partial charge in [-0.25, -0.2) is 0 Å². The van der Waals surface area contributed by atoms with Crippen molar-refractivity contribution in [1.82, 2.24) is 10.2 Å². The van der Waals surface area contributed by atoms with Crippen LogP contribution >= 0.6 is 0 Å². The molecule has 1 aliphatic rings. The first-order valence-electron chi connectivity index (χ1n) is 8.56. The summed E-state index contributed by atoms with van der Waals surface area (Å²) in [5, 5.41) is 3.49. The molecule has 1 aromatic rings. The second-order valence-corrected chi connectivity index (χ2v) is 6.97. The van der Waals surface area contributed by atoms with E-state index in [1.165, 1.54) is 50.0 Å². The lowest BCUT2D eigenvalue weighted by Crippen LogP contribution is -2.37. The molecule has 2 nitrogen and oxygen atoms in total. The Bertz CT molecular complexity index is 419. The minimum absolute atomic E-state index is 0.479. The van der Waals surface area contributed by atoms with E-state index < -0.39 is 0 Å². The van der Waals surface area contributed by atoms with E-state index in [-0.39, 0.29) is 0 Å². The number of rotatable bonds is 6. The van der Waals surface area contributed by atoms with Crippen LogP contribution in [0.25, 0.3) is 0 Å². The van der Waals surface area contributed by atoms with Crippen LogP contribution in [0.15, 0.2) is 24.3 Å². The van der Waals surface area contributed by atoms with Gasteiger partial charge in [0.05, 0.1) is 0 Å². The summed E-state index contributed by atoms with van der Waals surface area (Å²) in [4.78, 5) is 2.65. The molecule has 1 aliphatic heterocycles. The van der Waals surface area contributed by atoms with E-state index in [1.807, 2.05) is 0 Å². The molecule has 2 heteroatoms.